The molecule has 1 unspecified atom stereocenters. The van der Waals surface area contributed by atoms with Gasteiger partial charge in [-0.25, -0.2) is 4.39 Å². The summed E-state index contributed by atoms with van der Waals surface area (Å²) in [5.41, 5.74) is 0.986. The van der Waals surface area contributed by atoms with Crippen LogP contribution in [0.25, 0.3) is 0 Å². The van der Waals surface area contributed by atoms with E-state index in [1.54, 1.807) is 12.1 Å². The lowest BCUT2D eigenvalue weighted by molar-refractivity contribution is -0.130. The molecule has 0 spiro atoms. The first-order valence-electron chi connectivity index (χ1n) is 5.10. The van der Waals surface area contributed by atoms with Crippen LogP contribution in [0.5, 0.6) is 0 Å². The number of hydrogen-bond donors (Lipinski definition) is 0. The summed E-state index contributed by atoms with van der Waals surface area (Å²) >= 11 is 0. The zero-order valence-electron chi connectivity index (χ0n) is 8.41. The fourth-order valence-corrected chi connectivity index (χ4v) is 1.77. The highest BCUT2D eigenvalue weighted by Crippen LogP contribution is 2.16. The van der Waals surface area contributed by atoms with Crippen molar-refractivity contribution in [3.05, 3.63) is 35.6 Å². The van der Waals surface area contributed by atoms with E-state index in [-0.39, 0.29) is 17.5 Å². The van der Waals surface area contributed by atoms with Crippen molar-refractivity contribution in [1.29, 1.82) is 0 Å². The second-order valence-electron chi connectivity index (χ2n) is 3.82. The molecule has 1 fully saturated rings. The SMILES string of the molecule is O=C1CCOCC1Cc1ccc(F)cc1. The predicted octanol–water partition coefficient (Wildman–Crippen LogP) is 1.97. The number of ketones is 1. The molecule has 1 saturated heterocycles. The van der Waals surface area contributed by atoms with E-state index in [4.69, 9.17) is 4.74 Å². The van der Waals surface area contributed by atoms with Crippen molar-refractivity contribution in [2.24, 2.45) is 5.92 Å². The number of halogens is 1. The Kier molecular flexibility index (Phi) is 3.11. The van der Waals surface area contributed by atoms with Gasteiger partial charge in [-0.2, -0.15) is 0 Å². The van der Waals surface area contributed by atoms with E-state index in [1.807, 2.05) is 0 Å². The predicted molar refractivity (Wildman–Crippen MR) is 54.0 cm³/mol. The van der Waals surface area contributed by atoms with Gasteiger partial charge in [0.1, 0.15) is 11.6 Å². The van der Waals surface area contributed by atoms with Gasteiger partial charge in [-0.3, -0.25) is 4.79 Å². The average Bonchev–Trinajstić information content (AvgIpc) is 2.25. The molecule has 1 aliphatic rings. The van der Waals surface area contributed by atoms with Gasteiger partial charge in [0.05, 0.1) is 13.2 Å². The van der Waals surface area contributed by atoms with Crippen molar-refractivity contribution < 1.29 is 13.9 Å². The molecule has 2 nitrogen and oxygen atoms in total. The third-order valence-corrected chi connectivity index (χ3v) is 2.66. The number of rotatable bonds is 2. The van der Waals surface area contributed by atoms with E-state index in [0.29, 0.717) is 26.1 Å². The molecule has 0 radical (unpaired) electrons. The highest BCUT2D eigenvalue weighted by atomic mass is 19.1. The summed E-state index contributed by atoms with van der Waals surface area (Å²) in [4.78, 5) is 11.5. The molecule has 0 N–H and O–H groups in total. The van der Waals surface area contributed by atoms with Gasteiger partial charge in [0.25, 0.3) is 0 Å². The van der Waals surface area contributed by atoms with Gasteiger partial charge in [0.2, 0.25) is 0 Å². The zero-order chi connectivity index (χ0) is 10.7. The molecule has 1 heterocycles. The number of ether oxygens (including phenoxy) is 1. The molecular weight excluding hydrogens is 195 g/mol. The first kappa shape index (κ1) is 10.3. The lowest BCUT2D eigenvalue weighted by Crippen LogP contribution is -2.29. The number of carbonyl (C=O) groups is 1. The second kappa shape index (κ2) is 4.53. The van der Waals surface area contributed by atoms with Crippen molar-refractivity contribution in [1.82, 2.24) is 0 Å². The van der Waals surface area contributed by atoms with Crippen molar-refractivity contribution >= 4 is 5.78 Å². The van der Waals surface area contributed by atoms with Gasteiger partial charge in [-0.05, 0) is 24.1 Å². The molecule has 0 saturated carbocycles. The maximum Gasteiger partial charge on any atom is 0.140 e. The van der Waals surface area contributed by atoms with Gasteiger partial charge >= 0.3 is 0 Å². The van der Waals surface area contributed by atoms with E-state index in [1.165, 1.54) is 12.1 Å². The van der Waals surface area contributed by atoms with E-state index >= 15 is 0 Å². The van der Waals surface area contributed by atoms with Gasteiger partial charge in [-0.1, -0.05) is 12.1 Å². The third kappa shape index (κ3) is 2.63. The van der Waals surface area contributed by atoms with Crippen LogP contribution in [0.1, 0.15) is 12.0 Å². The fourth-order valence-electron chi connectivity index (χ4n) is 1.77. The first-order chi connectivity index (χ1) is 7.25. The Morgan fingerprint density at radius 3 is 2.73 bits per heavy atom. The minimum Gasteiger partial charge on any atom is -0.380 e. The zero-order valence-corrected chi connectivity index (χ0v) is 8.41. The molecule has 0 amide bonds. The standard InChI is InChI=1S/C12H13FO2/c13-11-3-1-9(2-4-11)7-10-8-15-6-5-12(10)14/h1-4,10H,5-8H2. The molecule has 1 aromatic carbocycles. The number of carbonyl (C=O) groups excluding carboxylic acids is 1. The summed E-state index contributed by atoms with van der Waals surface area (Å²) in [6.07, 6.45) is 1.16. The molecule has 3 heteroatoms. The normalized spacial score (nSPS) is 21.7. The smallest absolute Gasteiger partial charge is 0.140 e. The molecule has 15 heavy (non-hydrogen) atoms. The molecule has 1 aliphatic heterocycles. The maximum absolute atomic E-state index is 12.7. The molecule has 1 aromatic rings. The van der Waals surface area contributed by atoms with Gasteiger partial charge < -0.3 is 4.74 Å². The van der Waals surface area contributed by atoms with Crippen LogP contribution in [0, 0.1) is 11.7 Å². The highest BCUT2D eigenvalue weighted by molar-refractivity contribution is 5.82. The number of hydrogen-bond acceptors (Lipinski definition) is 2. The minimum absolute atomic E-state index is 0.0517. The summed E-state index contributed by atoms with van der Waals surface area (Å²) < 4.78 is 17.9. The molecule has 0 aromatic heterocycles. The number of Topliss-reactive ketones (excluding diaryl/α,β-unsaturated/α-hetero) is 1. The van der Waals surface area contributed by atoms with Crippen LogP contribution >= 0.6 is 0 Å². The van der Waals surface area contributed by atoms with E-state index in [9.17, 15) is 9.18 Å². The molecule has 0 bridgehead atoms. The summed E-state index contributed by atoms with van der Waals surface area (Å²) in [5.74, 6) is -0.0419. The quantitative estimate of drug-likeness (QED) is 0.742. The van der Waals surface area contributed by atoms with Crippen LogP contribution in [0.3, 0.4) is 0 Å². The Balaban J connectivity index is 2.01. The van der Waals surface area contributed by atoms with Crippen LogP contribution in [-0.4, -0.2) is 19.0 Å². The average molecular weight is 208 g/mol. The Bertz CT molecular complexity index is 345. The van der Waals surface area contributed by atoms with Gasteiger partial charge in [0.15, 0.2) is 0 Å². The summed E-state index contributed by atoms with van der Waals surface area (Å²) in [6.45, 7) is 1.04. The highest BCUT2D eigenvalue weighted by Gasteiger charge is 2.22. The molecule has 80 valence electrons. The lowest BCUT2D eigenvalue weighted by Gasteiger charge is -2.20. The van der Waals surface area contributed by atoms with Crippen LogP contribution in [0.4, 0.5) is 4.39 Å². The summed E-state index contributed by atoms with van der Waals surface area (Å²) in [5, 5.41) is 0. The molecular formula is C12H13FO2. The summed E-state index contributed by atoms with van der Waals surface area (Å²) in [6, 6.07) is 6.28. The topological polar surface area (TPSA) is 26.3 Å². The number of benzene rings is 1. The Morgan fingerprint density at radius 1 is 1.33 bits per heavy atom. The first-order valence-corrected chi connectivity index (χ1v) is 5.10. The van der Waals surface area contributed by atoms with E-state index in [2.05, 4.69) is 0 Å². The Morgan fingerprint density at radius 2 is 2.07 bits per heavy atom. The molecule has 2 rings (SSSR count). The van der Waals surface area contributed by atoms with Gasteiger partial charge in [-0.15, -0.1) is 0 Å². The minimum atomic E-state index is -0.245. The van der Waals surface area contributed by atoms with Crippen LogP contribution in [0.2, 0.25) is 0 Å². The Hall–Kier alpha value is -1.22. The van der Waals surface area contributed by atoms with Gasteiger partial charge in [0, 0.05) is 12.3 Å². The van der Waals surface area contributed by atoms with Crippen molar-refractivity contribution in [3.63, 3.8) is 0 Å². The largest absolute Gasteiger partial charge is 0.380 e. The van der Waals surface area contributed by atoms with Crippen molar-refractivity contribution in [2.45, 2.75) is 12.8 Å². The van der Waals surface area contributed by atoms with Crippen LogP contribution < -0.4 is 0 Å². The third-order valence-electron chi connectivity index (χ3n) is 2.66. The molecule has 0 aliphatic carbocycles. The van der Waals surface area contributed by atoms with Crippen molar-refractivity contribution in [3.8, 4) is 0 Å². The molecule has 1 atom stereocenters. The second-order valence-corrected chi connectivity index (χ2v) is 3.82. The van der Waals surface area contributed by atoms with Crippen LogP contribution in [0.15, 0.2) is 24.3 Å². The van der Waals surface area contributed by atoms with Crippen molar-refractivity contribution in [2.75, 3.05) is 13.2 Å². The van der Waals surface area contributed by atoms with Crippen LogP contribution in [-0.2, 0) is 16.0 Å². The summed E-state index contributed by atoms with van der Waals surface area (Å²) in [7, 11) is 0. The van der Waals surface area contributed by atoms with E-state index in [0.717, 1.165) is 5.56 Å². The Labute approximate surface area is 88.1 Å². The van der Waals surface area contributed by atoms with E-state index < -0.39 is 0 Å². The fraction of sp³-hybridized carbons (Fsp3) is 0.417. The lowest BCUT2D eigenvalue weighted by atomic mass is 9.93. The monoisotopic (exact) mass is 208 g/mol. The maximum atomic E-state index is 12.7.